The Labute approximate surface area is 179 Å². The van der Waals surface area contributed by atoms with Gasteiger partial charge in [-0.3, -0.25) is 4.40 Å². The molecule has 0 saturated heterocycles. The first-order valence-corrected chi connectivity index (χ1v) is 10.7. The number of amides is 1. The highest BCUT2D eigenvalue weighted by molar-refractivity contribution is 7.18. The van der Waals surface area contributed by atoms with Crippen molar-refractivity contribution in [1.29, 1.82) is 0 Å². The second-order valence-electron chi connectivity index (χ2n) is 7.92. The third kappa shape index (κ3) is 5.33. The van der Waals surface area contributed by atoms with Crippen molar-refractivity contribution in [3.8, 4) is 12.0 Å². The van der Waals surface area contributed by atoms with E-state index in [0.29, 0.717) is 25.3 Å². The first kappa shape index (κ1) is 21.7. The molecule has 160 valence electrons. The summed E-state index contributed by atoms with van der Waals surface area (Å²) < 4.78 is 7.35. The first-order chi connectivity index (χ1) is 14.3. The zero-order valence-electron chi connectivity index (χ0n) is 17.7. The quantitative estimate of drug-likeness (QED) is 0.390. The number of imidazole rings is 1. The van der Waals surface area contributed by atoms with Gasteiger partial charge in [-0.05, 0) is 46.6 Å². The number of carbonyl (C=O) groups excluding carboxylic acids is 1. The van der Waals surface area contributed by atoms with E-state index in [4.69, 9.17) is 14.8 Å². The average molecular weight is 430 g/mol. The third-order valence-electron chi connectivity index (χ3n) is 4.22. The van der Waals surface area contributed by atoms with Gasteiger partial charge in [0.05, 0.1) is 0 Å². The van der Waals surface area contributed by atoms with Gasteiger partial charge in [-0.2, -0.15) is 0 Å². The Balaban J connectivity index is 1.72. The van der Waals surface area contributed by atoms with Gasteiger partial charge < -0.3 is 20.5 Å². The number of aromatic nitrogens is 3. The summed E-state index contributed by atoms with van der Waals surface area (Å²) in [6.07, 6.45) is 5.76. The summed E-state index contributed by atoms with van der Waals surface area (Å²) in [5, 5.41) is 14.6. The molecule has 0 saturated carbocycles. The van der Waals surface area contributed by atoms with Crippen LogP contribution in [0.1, 0.15) is 44.2 Å². The summed E-state index contributed by atoms with van der Waals surface area (Å²) in [6, 6.07) is 2.09. The van der Waals surface area contributed by atoms with Crippen LogP contribution < -0.4 is 10.6 Å². The van der Waals surface area contributed by atoms with Gasteiger partial charge in [0.1, 0.15) is 22.1 Å². The molecule has 0 fully saturated rings. The maximum Gasteiger partial charge on any atom is 0.407 e. The lowest BCUT2D eigenvalue weighted by Crippen LogP contribution is -2.35. The minimum atomic E-state index is -0.523. The average Bonchev–Trinajstić information content (AvgIpc) is 3.24. The Morgan fingerprint density at radius 3 is 2.90 bits per heavy atom. The summed E-state index contributed by atoms with van der Waals surface area (Å²) in [7, 11) is 0. The third-order valence-corrected chi connectivity index (χ3v) is 5.39. The zero-order chi connectivity index (χ0) is 21.7. The minimum absolute atomic E-state index is 0.404. The SMILES string of the molecule is Cc1cnc2c(NCCNC(=O)OC(C)(C)C)nc3cc(CCCC#CO)sc3n12. The molecular formula is C21H27N5O3S. The second-order valence-corrected chi connectivity index (χ2v) is 9.03. The van der Waals surface area contributed by atoms with E-state index < -0.39 is 11.7 Å². The predicted molar refractivity (Wildman–Crippen MR) is 118 cm³/mol. The van der Waals surface area contributed by atoms with Crippen molar-refractivity contribution in [3.05, 3.63) is 22.8 Å². The molecule has 0 radical (unpaired) electrons. The zero-order valence-corrected chi connectivity index (χ0v) is 18.5. The molecule has 0 bridgehead atoms. The standard InChI is InChI=1S/C21H27N5O3S/c1-14-13-24-18-17(22-9-10-23-20(28)29-21(2,3)4)25-16-12-15(8-6-5-7-11-27)30-19(16)26(14)18/h12-13,27H,5-6,8-10H2,1-4H3,(H,22,25)(H,23,28). The monoisotopic (exact) mass is 429 g/mol. The molecule has 30 heavy (non-hydrogen) atoms. The van der Waals surface area contributed by atoms with Crippen LogP contribution in [0, 0.1) is 19.0 Å². The Morgan fingerprint density at radius 1 is 1.37 bits per heavy atom. The van der Waals surface area contributed by atoms with Crippen LogP contribution in [-0.4, -0.2) is 44.3 Å². The van der Waals surface area contributed by atoms with Crippen LogP contribution in [0.4, 0.5) is 10.6 Å². The molecule has 0 aliphatic carbocycles. The molecule has 3 aromatic rings. The fourth-order valence-electron chi connectivity index (χ4n) is 3.00. The highest BCUT2D eigenvalue weighted by atomic mass is 32.1. The smallest absolute Gasteiger partial charge is 0.407 e. The van der Waals surface area contributed by atoms with Crippen molar-refractivity contribution in [2.75, 3.05) is 18.4 Å². The number of hydrogen-bond acceptors (Lipinski definition) is 7. The van der Waals surface area contributed by atoms with Crippen molar-refractivity contribution < 1.29 is 14.6 Å². The van der Waals surface area contributed by atoms with Gasteiger partial charge in [-0.15, -0.1) is 11.3 Å². The van der Waals surface area contributed by atoms with E-state index >= 15 is 0 Å². The topological polar surface area (TPSA) is 101 Å². The van der Waals surface area contributed by atoms with E-state index in [0.717, 1.165) is 34.5 Å². The van der Waals surface area contributed by atoms with Gasteiger partial charge in [0.15, 0.2) is 11.5 Å². The Kier molecular flexibility index (Phi) is 6.67. The normalized spacial score (nSPS) is 11.3. The molecule has 0 unspecified atom stereocenters. The van der Waals surface area contributed by atoms with Crippen molar-refractivity contribution in [2.24, 2.45) is 0 Å². The van der Waals surface area contributed by atoms with Crippen molar-refractivity contribution in [2.45, 2.75) is 52.6 Å². The molecular weight excluding hydrogens is 402 g/mol. The van der Waals surface area contributed by atoms with E-state index in [9.17, 15) is 4.79 Å². The number of unbranched alkanes of at least 4 members (excludes halogenated alkanes) is 1. The number of anilines is 1. The lowest BCUT2D eigenvalue weighted by Gasteiger charge is -2.19. The number of thiophene rings is 1. The van der Waals surface area contributed by atoms with Gasteiger partial charge in [0.2, 0.25) is 0 Å². The maximum atomic E-state index is 11.8. The Morgan fingerprint density at radius 2 is 2.17 bits per heavy atom. The molecule has 0 atom stereocenters. The number of nitrogens with one attached hydrogen (secondary N) is 2. The fraction of sp³-hybridized carbons (Fsp3) is 0.476. The molecule has 0 aliphatic rings. The molecule has 3 heterocycles. The number of hydrogen-bond donors (Lipinski definition) is 3. The van der Waals surface area contributed by atoms with Crippen molar-refractivity contribution in [3.63, 3.8) is 0 Å². The van der Waals surface area contributed by atoms with Crippen molar-refractivity contribution >= 4 is 39.2 Å². The highest BCUT2D eigenvalue weighted by Gasteiger charge is 2.16. The van der Waals surface area contributed by atoms with E-state index in [1.165, 1.54) is 4.88 Å². The van der Waals surface area contributed by atoms with Crippen LogP contribution in [0.3, 0.4) is 0 Å². The highest BCUT2D eigenvalue weighted by Crippen LogP contribution is 2.30. The molecule has 9 heteroatoms. The summed E-state index contributed by atoms with van der Waals surface area (Å²) in [5.74, 6) is 3.35. The van der Waals surface area contributed by atoms with Crippen LogP contribution in [0.2, 0.25) is 0 Å². The number of rotatable bonds is 7. The van der Waals surface area contributed by atoms with E-state index in [2.05, 4.69) is 32.0 Å². The van der Waals surface area contributed by atoms with Crippen LogP contribution in [-0.2, 0) is 11.2 Å². The summed E-state index contributed by atoms with van der Waals surface area (Å²) >= 11 is 1.70. The lowest BCUT2D eigenvalue weighted by molar-refractivity contribution is 0.0530. The predicted octanol–water partition coefficient (Wildman–Crippen LogP) is 3.85. The van der Waals surface area contributed by atoms with Crippen LogP contribution in [0.5, 0.6) is 0 Å². The van der Waals surface area contributed by atoms with Crippen LogP contribution in [0.25, 0.3) is 16.0 Å². The molecule has 0 aromatic carbocycles. The number of alkyl carbamates (subject to hydrolysis) is 1. The molecule has 3 N–H and O–H groups in total. The summed E-state index contributed by atoms with van der Waals surface area (Å²) in [6.45, 7) is 8.41. The number of carbonyl (C=O) groups is 1. The number of aryl methyl sites for hydroxylation is 2. The molecule has 3 rings (SSSR count). The van der Waals surface area contributed by atoms with Crippen molar-refractivity contribution in [1.82, 2.24) is 19.7 Å². The number of aliphatic hydroxyl groups excluding tert-OH is 1. The van der Waals surface area contributed by atoms with Crippen LogP contribution >= 0.6 is 11.3 Å². The molecule has 1 amide bonds. The molecule has 8 nitrogen and oxygen atoms in total. The van der Waals surface area contributed by atoms with Gasteiger partial charge >= 0.3 is 6.09 Å². The molecule has 3 aromatic heterocycles. The molecule has 0 aliphatic heterocycles. The van der Waals surface area contributed by atoms with Gasteiger partial charge in [0.25, 0.3) is 0 Å². The lowest BCUT2D eigenvalue weighted by atomic mass is 10.2. The summed E-state index contributed by atoms with van der Waals surface area (Å²) in [5.41, 5.74) is 2.17. The summed E-state index contributed by atoms with van der Waals surface area (Å²) in [4.78, 5) is 23.3. The maximum absolute atomic E-state index is 11.8. The van der Waals surface area contributed by atoms with Gasteiger partial charge in [-0.25, -0.2) is 14.8 Å². The minimum Gasteiger partial charge on any atom is -0.462 e. The molecule has 0 spiro atoms. The van der Waals surface area contributed by atoms with E-state index in [1.54, 1.807) is 11.3 Å². The van der Waals surface area contributed by atoms with Gasteiger partial charge in [0, 0.05) is 36.3 Å². The number of nitrogens with zero attached hydrogens (tertiary/aromatic N) is 3. The number of aliphatic hydroxyl groups is 1. The number of fused-ring (bicyclic) bond motifs is 3. The van der Waals surface area contributed by atoms with E-state index in [-0.39, 0.29) is 0 Å². The van der Waals surface area contributed by atoms with E-state index in [1.807, 2.05) is 40.0 Å². The Bertz CT molecular complexity index is 1100. The largest absolute Gasteiger partial charge is 0.462 e. The van der Waals surface area contributed by atoms with Gasteiger partial charge in [-0.1, -0.05) is 5.92 Å². The first-order valence-electron chi connectivity index (χ1n) is 9.87. The van der Waals surface area contributed by atoms with Crippen LogP contribution in [0.15, 0.2) is 12.3 Å². The fourth-order valence-corrected chi connectivity index (χ4v) is 4.20. The number of ether oxygens (including phenoxy) is 1. The Hall–Kier alpha value is -2.99. The second kappa shape index (κ2) is 9.22.